The molecule has 1 aromatic carbocycles. The molecule has 0 N–H and O–H groups in total. The van der Waals surface area contributed by atoms with Crippen molar-refractivity contribution in [3.05, 3.63) is 35.9 Å². The molecule has 1 aliphatic carbocycles. The maximum atomic E-state index is 12.4. The van der Waals surface area contributed by atoms with Gasteiger partial charge in [-0.25, -0.2) is 0 Å². The summed E-state index contributed by atoms with van der Waals surface area (Å²) >= 11 is 0. The number of carbonyl (C=O) groups excluding carboxylic acids is 2. The van der Waals surface area contributed by atoms with E-state index in [0.717, 1.165) is 44.3 Å². The standard InChI is InChI=1S/C17H21NO2/c19-16(13-5-2-1-3-6-13)14-9-11-18(12-10-14)17(20)15-7-4-8-15/h1-3,5-6,14-15H,4,7-12H2. The zero-order valence-corrected chi connectivity index (χ0v) is 11.8. The topological polar surface area (TPSA) is 37.4 Å². The fourth-order valence-electron chi connectivity index (χ4n) is 3.11. The largest absolute Gasteiger partial charge is 0.342 e. The third-order valence-electron chi connectivity index (χ3n) is 4.69. The van der Waals surface area contributed by atoms with Crippen LogP contribution in [0.5, 0.6) is 0 Å². The SMILES string of the molecule is O=C(c1ccccc1)C1CCN(C(=O)C2CCC2)CC1. The van der Waals surface area contributed by atoms with Crippen molar-refractivity contribution in [1.82, 2.24) is 4.90 Å². The monoisotopic (exact) mass is 271 g/mol. The van der Waals surface area contributed by atoms with E-state index < -0.39 is 0 Å². The fraction of sp³-hybridized carbons (Fsp3) is 0.529. The number of nitrogens with zero attached hydrogens (tertiary/aromatic N) is 1. The van der Waals surface area contributed by atoms with Crippen LogP contribution in [0.25, 0.3) is 0 Å². The molecule has 3 rings (SSSR count). The van der Waals surface area contributed by atoms with Gasteiger partial charge in [0.05, 0.1) is 0 Å². The molecule has 1 aliphatic heterocycles. The van der Waals surface area contributed by atoms with Gasteiger partial charge in [-0.2, -0.15) is 0 Å². The molecule has 1 heterocycles. The van der Waals surface area contributed by atoms with Gasteiger partial charge in [0, 0.05) is 30.5 Å². The first-order valence-electron chi connectivity index (χ1n) is 7.64. The molecule has 0 spiro atoms. The van der Waals surface area contributed by atoms with Gasteiger partial charge in [0.2, 0.25) is 5.91 Å². The van der Waals surface area contributed by atoms with Gasteiger partial charge in [0.1, 0.15) is 0 Å². The first-order chi connectivity index (χ1) is 9.75. The summed E-state index contributed by atoms with van der Waals surface area (Å²) in [5.41, 5.74) is 0.802. The van der Waals surface area contributed by atoms with E-state index in [4.69, 9.17) is 0 Å². The molecule has 0 bridgehead atoms. The summed E-state index contributed by atoms with van der Waals surface area (Å²) in [5.74, 6) is 0.919. The number of ketones is 1. The third kappa shape index (κ3) is 2.62. The molecule has 2 fully saturated rings. The number of hydrogen-bond acceptors (Lipinski definition) is 2. The maximum Gasteiger partial charge on any atom is 0.225 e. The Morgan fingerprint density at radius 2 is 1.55 bits per heavy atom. The molecule has 3 nitrogen and oxygen atoms in total. The summed E-state index contributed by atoms with van der Waals surface area (Å²) in [6, 6.07) is 9.50. The normalized spacial score (nSPS) is 20.5. The number of carbonyl (C=O) groups is 2. The molecule has 20 heavy (non-hydrogen) atoms. The molecular weight excluding hydrogens is 250 g/mol. The average molecular weight is 271 g/mol. The first-order valence-corrected chi connectivity index (χ1v) is 7.64. The van der Waals surface area contributed by atoms with Gasteiger partial charge < -0.3 is 4.90 Å². The van der Waals surface area contributed by atoms with Crippen molar-refractivity contribution in [3.8, 4) is 0 Å². The number of hydrogen-bond donors (Lipinski definition) is 0. The Morgan fingerprint density at radius 3 is 2.10 bits per heavy atom. The predicted octanol–water partition coefficient (Wildman–Crippen LogP) is 2.91. The van der Waals surface area contributed by atoms with Gasteiger partial charge in [-0.1, -0.05) is 36.8 Å². The molecular formula is C17H21NO2. The van der Waals surface area contributed by atoms with Crippen LogP contribution in [-0.2, 0) is 4.79 Å². The molecule has 1 amide bonds. The molecule has 106 valence electrons. The van der Waals surface area contributed by atoms with E-state index in [1.54, 1.807) is 0 Å². The molecule has 0 atom stereocenters. The molecule has 2 aliphatic rings. The summed E-state index contributed by atoms with van der Waals surface area (Å²) < 4.78 is 0. The van der Waals surface area contributed by atoms with E-state index in [-0.39, 0.29) is 17.6 Å². The quantitative estimate of drug-likeness (QED) is 0.793. The summed E-state index contributed by atoms with van der Waals surface area (Å²) in [6.45, 7) is 1.50. The second-order valence-electron chi connectivity index (χ2n) is 5.96. The van der Waals surface area contributed by atoms with Crippen LogP contribution in [0.2, 0.25) is 0 Å². The Hall–Kier alpha value is -1.64. The Morgan fingerprint density at radius 1 is 0.900 bits per heavy atom. The minimum absolute atomic E-state index is 0.0860. The van der Waals surface area contributed by atoms with Crippen LogP contribution in [-0.4, -0.2) is 29.7 Å². The van der Waals surface area contributed by atoms with Gasteiger partial charge in [-0.3, -0.25) is 9.59 Å². The van der Waals surface area contributed by atoms with Crippen molar-refractivity contribution in [2.45, 2.75) is 32.1 Å². The van der Waals surface area contributed by atoms with E-state index in [9.17, 15) is 9.59 Å². The summed E-state index contributed by atoms with van der Waals surface area (Å²) in [5, 5.41) is 0. The third-order valence-corrected chi connectivity index (χ3v) is 4.69. The van der Waals surface area contributed by atoms with E-state index in [0.29, 0.717) is 5.91 Å². The summed E-state index contributed by atoms with van der Waals surface area (Å²) in [4.78, 5) is 26.5. The van der Waals surface area contributed by atoms with E-state index in [2.05, 4.69) is 0 Å². The van der Waals surface area contributed by atoms with E-state index in [1.165, 1.54) is 6.42 Å². The van der Waals surface area contributed by atoms with Crippen molar-refractivity contribution < 1.29 is 9.59 Å². The lowest BCUT2D eigenvalue weighted by Crippen LogP contribution is -2.44. The Balaban J connectivity index is 1.55. The number of likely N-dealkylation sites (tertiary alicyclic amines) is 1. The summed E-state index contributed by atoms with van der Waals surface area (Å²) in [7, 11) is 0. The Labute approximate surface area is 120 Å². The zero-order valence-electron chi connectivity index (χ0n) is 11.8. The summed E-state index contributed by atoms with van der Waals surface area (Å²) in [6.07, 6.45) is 4.93. The van der Waals surface area contributed by atoms with Crippen LogP contribution in [0.4, 0.5) is 0 Å². The highest BCUT2D eigenvalue weighted by atomic mass is 16.2. The van der Waals surface area contributed by atoms with E-state index in [1.807, 2.05) is 35.2 Å². The smallest absolute Gasteiger partial charge is 0.225 e. The van der Waals surface area contributed by atoms with Gasteiger partial charge in [-0.05, 0) is 25.7 Å². The number of Topliss-reactive ketones (excluding diaryl/α,β-unsaturated/α-hetero) is 1. The van der Waals surface area contributed by atoms with Crippen LogP contribution in [0, 0.1) is 11.8 Å². The number of benzene rings is 1. The highest BCUT2D eigenvalue weighted by Crippen LogP contribution is 2.30. The lowest BCUT2D eigenvalue weighted by Gasteiger charge is -2.36. The molecule has 3 heteroatoms. The minimum Gasteiger partial charge on any atom is -0.342 e. The fourth-order valence-corrected chi connectivity index (χ4v) is 3.11. The maximum absolute atomic E-state index is 12.4. The molecule has 0 radical (unpaired) electrons. The van der Waals surface area contributed by atoms with Gasteiger partial charge >= 0.3 is 0 Å². The zero-order chi connectivity index (χ0) is 13.9. The van der Waals surface area contributed by atoms with E-state index >= 15 is 0 Å². The predicted molar refractivity (Wildman–Crippen MR) is 77.4 cm³/mol. The molecule has 1 saturated carbocycles. The average Bonchev–Trinajstić information content (AvgIpc) is 2.46. The van der Waals surface area contributed by atoms with Crippen molar-refractivity contribution in [2.24, 2.45) is 11.8 Å². The minimum atomic E-state index is 0.0860. The van der Waals surface area contributed by atoms with Crippen LogP contribution < -0.4 is 0 Å². The second kappa shape index (κ2) is 5.78. The number of piperidine rings is 1. The lowest BCUT2D eigenvalue weighted by molar-refractivity contribution is -0.139. The van der Waals surface area contributed by atoms with Crippen LogP contribution in [0.1, 0.15) is 42.5 Å². The van der Waals surface area contributed by atoms with Gasteiger partial charge in [-0.15, -0.1) is 0 Å². The van der Waals surface area contributed by atoms with Gasteiger partial charge in [0.25, 0.3) is 0 Å². The second-order valence-corrected chi connectivity index (χ2v) is 5.96. The van der Waals surface area contributed by atoms with Crippen LogP contribution in [0.3, 0.4) is 0 Å². The lowest BCUT2D eigenvalue weighted by atomic mass is 9.83. The Bertz CT molecular complexity index is 485. The molecule has 1 saturated heterocycles. The van der Waals surface area contributed by atoms with Crippen molar-refractivity contribution >= 4 is 11.7 Å². The van der Waals surface area contributed by atoms with Gasteiger partial charge in [0.15, 0.2) is 5.78 Å². The van der Waals surface area contributed by atoms with Crippen LogP contribution >= 0.6 is 0 Å². The Kier molecular flexibility index (Phi) is 3.86. The highest BCUT2D eigenvalue weighted by molar-refractivity contribution is 5.98. The van der Waals surface area contributed by atoms with Crippen molar-refractivity contribution in [1.29, 1.82) is 0 Å². The molecule has 0 aromatic heterocycles. The number of amides is 1. The number of rotatable bonds is 3. The molecule has 0 unspecified atom stereocenters. The van der Waals surface area contributed by atoms with Crippen LogP contribution in [0.15, 0.2) is 30.3 Å². The highest BCUT2D eigenvalue weighted by Gasteiger charge is 2.33. The molecule has 1 aromatic rings. The van der Waals surface area contributed by atoms with Crippen molar-refractivity contribution in [2.75, 3.05) is 13.1 Å². The van der Waals surface area contributed by atoms with Crippen molar-refractivity contribution in [3.63, 3.8) is 0 Å². The first kappa shape index (κ1) is 13.3.